The number of nitrogens with zero attached hydrogens (tertiary/aromatic N) is 4. The summed E-state index contributed by atoms with van der Waals surface area (Å²) >= 11 is 3.52. The molecule has 0 bridgehead atoms. The third-order valence-corrected chi connectivity index (χ3v) is 5.05. The lowest BCUT2D eigenvalue weighted by Crippen LogP contribution is -2.14. The van der Waals surface area contributed by atoms with E-state index in [1.165, 1.54) is 17.3 Å². The maximum absolute atomic E-state index is 12.2. The molecule has 128 valence electrons. The summed E-state index contributed by atoms with van der Waals surface area (Å²) in [6, 6.07) is 13.7. The van der Waals surface area contributed by atoms with E-state index in [-0.39, 0.29) is 11.7 Å². The first-order valence-electron chi connectivity index (χ1n) is 7.57. The van der Waals surface area contributed by atoms with Crippen molar-refractivity contribution in [1.29, 1.82) is 0 Å². The van der Waals surface area contributed by atoms with Gasteiger partial charge in [-0.05, 0) is 76.7 Å². The Morgan fingerprint density at radius 3 is 2.84 bits per heavy atom. The van der Waals surface area contributed by atoms with Crippen LogP contribution < -0.4 is 5.32 Å². The molecule has 2 aromatic carbocycles. The van der Waals surface area contributed by atoms with E-state index in [1.54, 1.807) is 4.68 Å². The van der Waals surface area contributed by atoms with Gasteiger partial charge in [0.2, 0.25) is 11.1 Å². The number of thioether (sulfide) groups is 1. The highest BCUT2D eigenvalue weighted by atomic mass is 127. The molecule has 0 saturated heterocycles. The molecule has 0 unspecified atom stereocenters. The molecule has 1 amide bonds. The number of tetrazole rings is 1. The number of nitrogens with one attached hydrogen (secondary N) is 1. The van der Waals surface area contributed by atoms with Crippen LogP contribution in [0, 0.1) is 17.4 Å². The van der Waals surface area contributed by atoms with Crippen molar-refractivity contribution >= 4 is 45.9 Å². The Morgan fingerprint density at radius 2 is 2.08 bits per heavy atom. The molecule has 3 aromatic rings. The minimum atomic E-state index is -0.0952. The molecule has 0 aliphatic rings. The summed E-state index contributed by atoms with van der Waals surface area (Å²) in [6.07, 6.45) is 0. The highest BCUT2D eigenvalue weighted by molar-refractivity contribution is 14.1. The van der Waals surface area contributed by atoms with Crippen LogP contribution in [-0.4, -0.2) is 31.9 Å². The number of benzene rings is 2. The number of hydrogen-bond donors (Lipinski definition) is 1. The minimum Gasteiger partial charge on any atom is -0.325 e. The van der Waals surface area contributed by atoms with Crippen molar-refractivity contribution < 1.29 is 4.79 Å². The topological polar surface area (TPSA) is 72.7 Å². The van der Waals surface area contributed by atoms with Gasteiger partial charge in [0.25, 0.3) is 0 Å². The van der Waals surface area contributed by atoms with Gasteiger partial charge in [0.05, 0.1) is 11.4 Å². The van der Waals surface area contributed by atoms with Crippen molar-refractivity contribution in [2.45, 2.75) is 19.0 Å². The van der Waals surface area contributed by atoms with Gasteiger partial charge < -0.3 is 5.32 Å². The number of hydrogen-bond acceptors (Lipinski definition) is 5. The van der Waals surface area contributed by atoms with Crippen LogP contribution in [0.2, 0.25) is 0 Å². The maximum atomic E-state index is 12.2. The van der Waals surface area contributed by atoms with Crippen LogP contribution in [0.4, 0.5) is 5.69 Å². The Bertz CT molecular complexity index is 912. The number of rotatable bonds is 5. The van der Waals surface area contributed by atoms with Gasteiger partial charge in [-0.15, -0.1) is 5.10 Å². The first-order valence-corrected chi connectivity index (χ1v) is 9.63. The first-order chi connectivity index (χ1) is 12.0. The number of halogens is 1. The lowest BCUT2D eigenvalue weighted by Gasteiger charge is -2.08. The quantitative estimate of drug-likeness (QED) is 0.461. The molecular weight excluding hydrogens is 449 g/mol. The molecule has 6 nitrogen and oxygen atoms in total. The van der Waals surface area contributed by atoms with E-state index in [4.69, 9.17) is 0 Å². The molecule has 0 aliphatic carbocycles. The predicted molar refractivity (Wildman–Crippen MR) is 107 cm³/mol. The Morgan fingerprint density at radius 1 is 1.24 bits per heavy atom. The number of amides is 1. The molecule has 1 aromatic heterocycles. The smallest absolute Gasteiger partial charge is 0.234 e. The van der Waals surface area contributed by atoms with E-state index < -0.39 is 0 Å². The monoisotopic (exact) mass is 465 g/mol. The number of aromatic nitrogens is 4. The van der Waals surface area contributed by atoms with Crippen molar-refractivity contribution in [3.8, 4) is 5.69 Å². The van der Waals surface area contributed by atoms with E-state index in [0.717, 1.165) is 20.5 Å². The third-order valence-electron chi connectivity index (χ3n) is 3.46. The van der Waals surface area contributed by atoms with E-state index in [2.05, 4.69) is 49.5 Å². The minimum absolute atomic E-state index is 0.0952. The fourth-order valence-corrected chi connectivity index (χ4v) is 3.58. The van der Waals surface area contributed by atoms with Crippen LogP contribution in [0.15, 0.2) is 47.6 Å². The molecular formula is C17H16IN5OS. The van der Waals surface area contributed by atoms with Gasteiger partial charge in [-0.1, -0.05) is 35.5 Å². The Hall–Kier alpha value is -1.94. The molecule has 3 rings (SSSR count). The molecule has 0 radical (unpaired) electrons. The second-order valence-electron chi connectivity index (χ2n) is 5.51. The van der Waals surface area contributed by atoms with Crippen molar-refractivity contribution in [1.82, 2.24) is 20.2 Å². The second kappa shape index (κ2) is 7.96. The van der Waals surface area contributed by atoms with E-state index in [9.17, 15) is 4.79 Å². The summed E-state index contributed by atoms with van der Waals surface area (Å²) in [4.78, 5) is 12.2. The third kappa shape index (κ3) is 4.57. The van der Waals surface area contributed by atoms with Gasteiger partial charge in [-0.2, -0.15) is 4.68 Å². The van der Waals surface area contributed by atoms with Gasteiger partial charge in [0, 0.05) is 9.26 Å². The second-order valence-corrected chi connectivity index (χ2v) is 7.70. The average molecular weight is 465 g/mol. The zero-order valence-corrected chi connectivity index (χ0v) is 16.7. The van der Waals surface area contributed by atoms with Crippen LogP contribution in [0.3, 0.4) is 0 Å². The SMILES string of the molecule is Cc1ccc(-n2nnnc2SCC(=O)Nc2cccc(I)c2)c(C)c1. The molecule has 25 heavy (non-hydrogen) atoms. The number of aryl methyl sites for hydroxylation is 2. The molecule has 0 fully saturated rings. The molecule has 0 saturated carbocycles. The highest BCUT2D eigenvalue weighted by Gasteiger charge is 2.13. The molecule has 0 aliphatic heterocycles. The van der Waals surface area contributed by atoms with Crippen LogP contribution in [0.25, 0.3) is 5.69 Å². The van der Waals surface area contributed by atoms with Gasteiger partial charge in [-0.25, -0.2) is 0 Å². The van der Waals surface area contributed by atoms with Crippen LogP contribution in [0.5, 0.6) is 0 Å². The largest absolute Gasteiger partial charge is 0.325 e. The molecule has 8 heteroatoms. The van der Waals surface area contributed by atoms with E-state index in [0.29, 0.717) is 5.16 Å². The number of carbonyl (C=O) groups is 1. The Balaban J connectivity index is 1.68. The summed E-state index contributed by atoms with van der Waals surface area (Å²) in [7, 11) is 0. The standard InChI is InChI=1S/C17H16IN5OS/c1-11-6-7-15(12(2)8-11)23-17(20-21-22-23)25-10-16(24)19-14-5-3-4-13(18)9-14/h3-9H,10H2,1-2H3,(H,19,24). The van der Waals surface area contributed by atoms with E-state index >= 15 is 0 Å². The lowest BCUT2D eigenvalue weighted by atomic mass is 10.1. The zero-order valence-electron chi connectivity index (χ0n) is 13.7. The van der Waals surface area contributed by atoms with Gasteiger partial charge in [0.1, 0.15) is 0 Å². The van der Waals surface area contributed by atoms with Crippen LogP contribution in [0.1, 0.15) is 11.1 Å². The van der Waals surface area contributed by atoms with Crippen molar-refractivity contribution in [3.63, 3.8) is 0 Å². The van der Waals surface area contributed by atoms with Crippen LogP contribution >= 0.6 is 34.4 Å². The summed E-state index contributed by atoms with van der Waals surface area (Å²) in [5.74, 6) is 0.138. The van der Waals surface area contributed by atoms with E-state index in [1.807, 2.05) is 50.2 Å². The number of carbonyl (C=O) groups excluding carboxylic acids is 1. The summed E-state index contributed by atoms with van der Waals surface area (Å²) in [5, 5.41) is 15.3. The fourth-order valence-electron chi connectivity index (χ4n) is 2.36. The van der Waals surface area contributed by atoms with Crippen molar-refractivity contribution in [2.24, 2.45) is 0 Å². The van der Waals surface area contributed by atoms with Crippen LogP contribution in [-0.2, 0) is 4.79 Å². The molecule has 0 atom stereocenters. The average Bonchev–Trinajstić information content (AvgIpc) is 3.01. The van der Waals surface area contributed by atoms with Gasteiger partial charge in [-0.3, -0.25) is 4.79 Å². The predicted octanol–water partition coefficient (Wildman–Crippen LogP) is 3.61. The highest BCUT2D eigenvalue weighted by Crippen LogP contribution is 2.21. The van der Waals surface area contributed by atoms with Crippen molar-refractivity contribution in [2.75, 3.05) is 11.1 Å². The molecule has 0 spiro atoms. The summed E-state index contributed by atoms with van der Waals surface area (Å²) in [5.41, 5.74) is 3.96. The summed E-state index contributed by atoms with van der Waals surface area (Å²) in [6.45, 7) is 4.06. The Kier molecular flexibility index (Phi) is 5.69. The normalized spacial score (nSPS) is 10.7. The lowest BCUT2D eigenvalue weighted by molar-refractivity contribution is -0.113. The van der Waals surface area contributed by atoms with Crippen molar-refractivity contribution in [3.05, 3.63) is 57.2 Å². The zero-order chi connectivity index (χ0) is 17.8. The van der Waals surface area contributed by atoms with Gasteiger partial charge in [0.15, 0.2) is 0 Å². The summed E-state index contributed by atoms with van der Waals surface area (Å²) < 4.78 is 2.74. The Labute approximate surface area is 163 Å². The number of anilines is 1. The maximum Gasteiger partial charge on any atom is 0.234 e. The first kappa shape index (κ1) is 17.9. The molecule has 1 heterocycles. The van der Waals surface area contributed by atoms with Gasteiger partial charge >= 0.3 is 0 Å². The fraction of sp³-hybridized carbons (Fsp3) is 0.176. The molecule has 1 N–H and O–H groups in total.